The van der Waals surface area contributed by atoms with Gasteiger partial charge in [0, 0.05) is 19.0 Å². The molecule has 0 aliphatic heterocycles. The summed E-state index contributed by atoms with van der Waals surface area (Å²) in [5, 5.41) is 20.7. The molecule has 0 atom stereocenters. The van der Waals surface area contributed by atoms with Gasteiger partial charge in [-0.2, -0.15) is 5.26 Å². The number of hydrogen-bond donors (Lipinski definition) is 1. The lowest BCUT2D eigenvalue weighted by atomic mass is 10.1. The summed E-state index contributed by atoms with van der Waals surface area (Å²) in [4.78, 5) is 0. The van der Waals surface area contributed by atoms with E-state index in [-0.39, 0.29) is 6.61 Å². The molecule has 0 unspecified atom stereocenters. The van der Waals surface area contributed by atoms with E-state index in [0.29, 0.717) is 5.56 Å². The Morgan fingerprint density at radius 3 is 2.93 bits per heavy atom. The zero-order valence-electron chi connectivity index (χ0n) is 7.12. The topological polar surface area (TPSA) is 44.0 Å². The van der Waals surface area contributed by atoms with Gasteiger partial charge in [-0.15, -0.1) is 11.3 Å². The normalized spacial score (nSPS) is 10.4. The largest absolute Gasteiger partial charge is 0.392 e. The van der Waals surface area contributed by atoms with Crippen molar-refractivity contribution in [2.45, 2.75) is 6.61 Å². The lowest BCUT2D eigenvalue weighted by molar-refractivity contribution is 0.281. The number of fused-ring (bicyclic) bond motifs is 1. The predicted molar refractivity (Wildman–Crippen MR) is 65.2 cm³/mol. The Labute approximate surface area is 98.9 Å². The Kier molecular flexibility index (Phi) is 2.72. The first kappa shape index (κ1) is 9.90. The lowest BCUT2D eigenvalue weighted by Gasteiger charge is -2.00. The standard InChI is InChI=1S/C10H6INOS/c11-9-2-10-8(1-6(9)4-13)7(3-12)5-14-10/h1-2,5,13H,4H2. The van der Waals surface area contributed by atoms with E-state index in [0.717, 1.165) is 19.2 Å². The highest BCUT2D eigenvalue weighted by Gasteiger charge is 2.07. The van der Waals surface area contributed by atoms with Crippen molar-refractivity contribution in [1.29, 1.82) is 5.26 Å². The van der Waals surface area contributed by atoms with Crippen molar-refractivity contribution in [2.75, 3.05) is 0 Å². The number of nitriles is 1. The SMILES string of the molecule is N#Cc1csc2cc(I)c(CO)cc12. The van der Waals surface area contributed by atoms with E-state index in [1.54, 1.807) is 11.3 Å². The van der Waals surface area contributed by atoms with Crippen LogP contribution in [0.4, 0.5) is 0 Å². The fraction of sp³-hybridized carbons (Fsp3) is 0.100. The zero-order valence-corrected chi connectivity index (χ0v) is 10.1. The minimum Gasteiger partial charge on any atom is -0.392 e. The van der Waals surface area contributed by atoms with Crippen LogP contribution in [0.15, 0.2) is 17.5 Å². The molecular weight excluding hydrogens is 309 g/mol. The third-order valence-electron chi connectivity index (χ3n) is 2.03. The third kappa shape index (κ3) is 1.52. The molecule has 2 rings (SSSR count). The number of halogens is 1. The van der Waals surface area contributed by atoms with E-state index in [9.17, 15) is 0 Å². The summed E-state index contributed by atoms with van der Waals surface area (Å²) >= 11 is 3.76. The van der Waals surface area contributed by atoms with Crippen molar-refractivity contribution in [1.82, 2.24) is 0 Å². The van der Waals surface area contributed by atoms with Crippen LogP contribution in [-0.2, 0) is 6.61 Å². The summed E-state index contributed by atoms with van der Waals surface area (Å²) in [5.41, 5.74) is 1.57. The third-order valence-corrected chi connectivity index (χ3v) is 3.98. The Bertz CT molecular complexity index is 527. The molecule has 4 heteroatoms. The fourth-order valence-electron chi connectivity index (χ4n) is 1.30. The zero-order chi connectivity index (χ0) is 10.1. The summed E-state index contributed by atoms with van der Waals surface area (Å²) in [5.74, 6) is 0. The maximum atomic E-state index is 9.09. The lowest BCUT2D eigenvalue weighted by Crippen LogP contribution is -1.87. The maximum Gasteiger partial charge on any atom is 0.101 e. The first-order valence-electron chi connectivity index (χ1n) is 3.97. The van der Waals surface area contributed by atoms with Gasteiger partial charge < -0.3 is 5.11 Å². The van der Waals surface area contributed by atoms with Gasteiger partial charge in [0.1, 0.15) is 6.07 Å². The molecular formula is C10H6INOS. The molecule has 2 aromatic rings. The van der Waals surface area contributed by atoms with E-state index >= 15 is 0 Å². The minimum absolute atomic E-state index is 0.0227. The summed E-state index contributed by atoms with van der Waals surface area (Å²) in [6, 6.07) is 6.05. The summed E-state index contributed by atoms with van der Waals surface area (Å²) < 4.78 is 2.15. The fourth-order valence-corrected chi connectivity index (χ4v) is 3.06. The molecule has 2 nitrogen and oxygen atoms in total. The summed E-state index contributed by atoms with van der Waals surface area (Å²) in [6.07, 6.45) is 0. The second kappa shape index (κ2) is 3.85. The smallest absolute Gasteiger partial charge is 0.101 e. The second-order valence-corrected chi connectivity index (χ2v) is 4.93. The average Bonchev–Trinajstić information content (AvgIpc) is 2.58. The number of benzene rings is 1. The van der Waals surface area contributed by atoms with E-state index in [1.165, 1.54) is 0 Å². The van der Waals surface area contributed by atoms with Crippen molar-refractivity contribution in [3.63, 3.8) is 0 Å². The Balaban J connectivity index is 2.78. The van der Waals surface area contributed by atoms with Crippen LogP contribution in [-0.4, -0.2) is 5.11 Å². The molecule has 0 aliphatic rings. The average molecular weight is 315 g/mol. The molecule has 0 fully saturated rings. The van der Waals surface area contributed by atoms with E-state index in [1.807, 2.05) is 17.5 Å². The molecule has 1 heterocycles. The monoisotopic (exact) mass is 315 g/mol. The molecule has 1 N–H and O–H groups in total. The van der Waals surface area contributed by atoms with Crippen LogP contribution < -0.4 is 0 Å². The molecule has 1 aromatic carbocycles. The first-order valence-corrected chi connectivity index (χ1v) is 5.92. The van der Waals surface area contributed by atoms with Gasteiger partial charge in [-0.05, 0) is 40.3 Å². The predicted octanol–water partition coefficient (Wildman–Crippen LogP) is 2.87. The van der Waals surface area contributed by atoms with Crippen LogP contribution in [0.5, 0.6) is 0 Å². The maximum absolute atomic E-state index is 9.09. The molecule has 0 saturated carbocycles. The highest BCUT2D eigenvalue weighted by atomic mass is 127. The van der Waals surface area contributed by atoms with Crippen LogP contribution in [0.1, 0.15) is 11.1 Å². The quantitative estimate of drug-likeness (QED) is 0.823. The number of aliphatic hydroxyl groups excluding tert-OH is 1. The molecule has 0 saturated heterocycles. The van der Waals surface area contributed by atoms with Gasteiger partial charge in [-0.3, -0.25) is 0 Å². The van der Waals surface area contributed by atoms with Gasteiger partial charge in [-0.1, -0.05) is 0 Å². The van der Waals surface area contributed by atoms with Gasteiger partial charge in [0.25, 0.3) is 0 Å². The molecule has 1 aromatic heterocycles. The van der Waals surface area contributed by atoms with Gasteiger partial charge in [-0.25, -0.2) is 0 Å². The number of thiophene rings is 1. The van der Waals surface area contributed by atoms with Crippen molar-refractivity contribution >= 4 is 44.0 Å². The molecule has 0 bridgehead atoms. The van der Waals surface area contributed by atoms with Gasteiger partial charge in [0.15, 0.2) is 0 Å². The minimum atomic E-state index is 0.0227. The Hall–Kier alpha value is -0.640. The number of nitrogens with zero attached hydrogens (tertiary/aromatic N) is 1. The van der Waals surface area contributed by atoms with Crippen molar-refractivity contribution in [3.8, 4) is 6.07 Å². The summed E-state index contributed by atoms with van der Waals surface area (Å²) in [7, 11) is 0. The number of rotatable bonds is 1. The highest BCUT2D eigenvalue weighted by molar-refractivity contribution is 14.1. The van der Waals surface area contributed by atoms with Crippen molar-refractivity contribution < 1.29 is 5.11 Å². The van der Waals surface area contributed by atoms with Gasteiger partial charge in [0.2, 0.25) is 0 Å². The number of hydrogen-bond acceptors (Lipinski definition) is 3. The van der Waals surface area contributed by atoms with Crippen molar-refractivity contribution in [2.24, 2.45) is 0 Å². The van der Waals surface area contributed by atoms with E-state index in [2.05, 4.69) is 28.7 Å². The molecule has 0 spiro atoms. The molecule has 14 heavy (non-hydrogen) atoms. The molecule has 0 amide bonds. The van der Waals surface area contributed by atoms with E-state index in [4.69, 9.17) is 10.4 Å². The van der Waals surface area contributed by atoms with Gasteiger partial charge >= 0.3 is 0 Å². The van der Waals surface area contributed by atoms with Crippen LogP contribution >= 0.6 is 33.9 Å². The first-order chi connectivity index (χ1) is 6.76. The Morgan fingerprint density at radius 1 is 1.50 bits per heavy atom. The summed E-state index contributed by atoms with van der Waals surface area (Å²) in [6.45, 7) is 0.0227. The van der Waals surface area contributed by atoms with Crippen LogP contribution in [0, 0.1) is 14.9 Å². The molecule has 0 aliphatic carbocycles. The Morgan fingerprint density at radius 2 is 2.29 bits per heavy atom. The highest BCUT2D eigenvalue weighted by Crippen LogP contribution is 2.29. The molecule has 0 radical (unpaired) electrons. The van der Waals surface area contributed by atoms with Crippen LogP contribution in [0.25, 0.3) is 10.1 Å². The van der Waals surface area contributed by atoms with Crippen molar-refractivity contribution in [3.05, 3.63) is 32.2 Å². The molecule has 70 valence electrons. The van der Waals surface area contributed by atoms with E-state index < -0.39 is 0 Å². The second-order valence-electron chi connectivity index (χ2n) is 2.86. The van der Waals surface area contributed by atoms with Crippen LogP contribution in [0.2, 0.25) is 0 Å². The number of aliphatic hydroxyl groups is 1. The van der Waals surface area contributed by atoms with Gasteiger partial charge in [0.05, 0.1) is 12.2 Å². The van der Waals surface area contributed by atoms with Crippen LogP contribution in [0.3, 0.4) is 0 Å².